The molecule has 0 saturated carbocycles. The molecule has 19 heteroatoms. The molecule has 0 bridgehead atoms. The number of fused-ring (bicyclic) bond motifs is 2. The first kappa shape index (κ1) is 54.9. The summed E-state index contributed by atoms with van der Waals surface area (Å²) in [5.41, 5.74) is 19.5. The second-order valence-corrected chi connectivity index (χ2v) is 20.0. The van der Waals surface area contributed by atoms with Crippen molar-refractivity contribution in [1.82, 2.24) is 49.7 Å². The maximum atomic E-state index is 12.0. The van der Waals surface area contributed by atoms with Gasteiger partial charge in [-0.3, -0.25) is 9.59 Å². The first-order chi connectivity index (χ1) is 39.5. The van der Waals surface area contributed by atoms with E-state index < -0.39 is 0 Å². The third-order valence-corrected chi connectivity index (χ3v) is 13.7. The van der Waals surface area contributed by atoms with Gasteiger partial charge in [0.05, 0.1) is 22.9 Å². The Morgan fingerprint density at radius 1 is 0.568 bits per heavy atom. The van der Waals surface area contributed by atoms with E-state index in [1.807, 2.05) is 172 Å². The molecule has 0 unspecified atom stereocenters. The second kappa shape index (κ2) is 26.0. The van der Waals surface area contributed by atoms with E-state index in [2.05, 4.69) is 36.9 Å². The van der Waals surface area contributed by atoms with Gasteiger partial charge in [0.2, 0.25) is 11.1 Å². The molecule has 18 nitrogen and oxygen atoms in total. The molecular weight excluding hydrogens is 1040 g/mol. The first-order valence-corrected chi connectivity index (χ1v) is 27.1. The Hall–Kier alpha value is -9.39. The number of nitrogens with zero attached hydrogens (tertiary/aromatic N) is 9. The van der Waals surface area contributed by atoms with Gasteiger partial charge < -0.3 is 40.6 Å². The van der Waals surface area contributed by atoms with E-state index in [-0.39, 0.29) is 23.2 Å². The fraction of sp³-hybridized carbons (Fsp3) is 0.226. The van der Waals surface area contributed by atoms with Crippen LogP contribution in [0.4, 0.5) is 11.6 Å². The summed E-state index contributed by atoms with van der Waals surface area (Å²) in [5.74, 6) is 5.14. The number of piperidine rings is 2. The van der Waals surface area contributed by atoms with Crippen molar-refractivity contribution < 1.29 is 28.5 Å². The molecule has 2 fully saturated rings. The van der Waals surface area contributed by atoms with Crippen LogP contribution in [-0.2, 0) is 22.8 Å². The monoisotopic (exact) mass is 1100 g/mol. The number of anilines is 2. The maximum Gasteiger partial charge on any atom is 0.219 e. The van der Waals surface area contributed by atoms with Crippen molar-refractivity contribution in [2.75, 3.05) is 37.6 Å². The fourth-order valence-corrected chi connectivity index (χ4v) is 9.76. The SMILES string of the molecule is CC(=O)Cl.CC(=O)N1CCC[C@@H](n2nc(-c3ccc(Oc4cccc(OCc5ccccc5)c4)cc3)c3c(N)ncnc32)C1.Nc1ncnc2c1c(-c1ccc(Oc3cccc(OCc4ccccc4)c3)cc1)nn2[C@@H]1CCCNC1. The summed E-state index contributed by atoms with van der Waals surface area (Å²) in [6, 6.07) is 51.1. The number of nitrogen functional groups attached to an aromatic ring is 2. The van der Waals surface area contributed by atoms with Crippen molar-refractivity contribution in [1.29, 1.82) is 0 Å². The zero-order chi connectivity index (χ0) is 56.1. The highest BCUT2D eigenvalue weighted by Gasteiger charge is 2.28. The summed E-state index contributed by atoms with van der Waals surface area (Å²) in [6.45, 7) is 7.14. The van der Waals surface area contributed by atoms with Crippen molar-refractivity contribution >= 4 is 56.5 Å². The highest BCUT2D eigenvalue weighted by atomic mass is 35.5. The number of hydrogen-bond acceptors (Lipinski definition) is 15. The van der Waals surface area contributed by atoms with Gasteiger partial charge in [-0.25, -0.2) is 29.3 Å². The molecule has 10 aromatic rings. The van der Waals surface area contributed by atoms with E-state index in [1.54, 1.807) is 6.92 Å². The largest absolute Gasteiger partial charge is 0.489 e. The molecule has 6 heterocycles. The van der Waals surface area contributed by atoms with E-state index >= 15 is 0 Å². The smallest absolute Gasteiger partial charge is 0.219 e. The van der Waals surface area contributed by atoms with Gasteiger partial charge in [0.25, 0.3) is 0 Å². The lowest BCUT2D eigenvalue weighted by molar-refractivity contribution is -0.130. The summed E-state index contributed by atoms with van der Waals surface area (Å²) in [5, 5.41) is 14.5. The van der Waals surface area contributed by atoms with Gasteiger partial charge in [-0.15, -0.1) is 0 Å². The van der Waals surface area contributed by atoms with E-state index in [1.165, 1.54) is 19.6 Å². The average molecular weight is 1110 g/mol. The summed E-state index contributed by atoms with van der Waals surface area (Å²) in [7, 11) is 0. The number of nitrogens with two attached hydrogens (primary N) is 2. The summed E-state index contributed by atoms with van der Waals surface area (Å²) in [6.07, 6.45) is 6.93. The van der Waals surface area contributed by atoms with Crippen molar-refractivity contribution in [3.63, 3.8) is 0 Å². The third-order valence-electron chi connectivity index (χ3n) is 13.7. The molecule has 2 saturated heterocycles. The predicted molar refractivity (Wildman–Crippen MR) is 313 cm³/mol. The van der Waals surface area contributed by atoms with Crippen molar-refractivity contribution in [2.24, 2.45) is 0 Å². The normalized spacial score (nSPS) is 14.9. The molecule has 4 aromatic heterocycles. The number of ether oxygens (including phenoxy) is 4. The molecule has 0 spiro atoms. The summed E-state index contributed by atoms with van der Waals surface area (Å²) in [4.78, 5) is 40.6. The number of carbonyl (C=O) groups excluding carboxylic acids is 2. The second-order valence-electron chi connectivity index (χ2n) is 19.5. The minimum Gasteiger partial charge on any atom is -0.489 e. The maximum absolute atomic E-state index is 12.0. The van der Waals surface area contributed by atoms with Gasteiger partial charge in [-0.05, 0) is 128 Å². The van der Waals surface area contributed by atoms with Crippen LogP contribution in [0.2, 0.25) is 0 Å². The lowest BCUT2D eigenvalue weighted by Gasteiger charge is -2.32. The standard InChI is InChI=1S/C31H30N6O3.C29H28N6O2.C2H3ClO/c1-21(38)36-16-6-9-24(18-36)37-31-28(30(32)33-20-34-31)29(35-37)23-12-14-25(15-13-23)40-27-11-5-10-26(17-27)39-19-22-7-3-2-4-8-22;30-28-26-27(34-35(29(26)33-19-32-28)22-8-5-15-31-17-22)21-11-13-23(14-12-21)37-25-10-4-9-24(16-25)36-18-20-6-2-1-3-7-20;1-2(3)4/h2-5,7-8,10-15,17,20,24H,6,9,16,18-19H2,1H3,(H2,32,33,34);1-4,6-7,9-14,16,19,22,31H,5,8,15,17-18H2,(H2,30,32,33);1H3/t24-;22-;/m11./s1. The average Bonchev–Trinajstić information content (AvgIpc) is 4.33. The van der Waals surface area contributed by atoms with Gasteiger partial charge in [0, 0.05) is 56.7 Å². The lowest BCUT2D eigenvalue weighted by atomic mass is 10.1. The van der Waals surface area contributed by atoms with Crippen molar-refractivity contribution in [3.05, 3.63) is 182 Å². The van der Waals surface area contributed by atoms with E-state index in [4.69, 9.17) is 40.6 Å². The molecule has 1 amide bonds. The van der Waals surface area contributed by atoms with Gasteiger partial charge in [0.1, 0.15) is 83.4 Å². The first-order valence-electron chi connectivity index (χ1n) is 26.7. The van der Waals surface area contributed by atoms with Crippen LogP contribution in [0.25, 0.3) is 44.6 Å². The van der Waals surface area contributed by atoms with E-state index in [9.17, 15) is 9.59 Å². The Balaban J connectivity index is 0.000000171. The quantitative estimate of drug-likeness (QED) is 0.0861. The van der Waals surface area contributed by atoms with Gasteiger partial charge in [-0.1, -0.05) is 72.8 Å². The molecule has 0 radical (unpaired) electrons. The zero-order valence-corrected chi connectivity index (χ0v) is 45.7. The molecule has 2 atom stereocenters. The highest BCUT2D eigenvalue weighted by Crippen LogP contribution is 2.37. The minimum absolute atomic E-state index is 0.0159. The Kier molecular flexibility index (Phi) is 17.7. The Bertz CT molecular complexity index is 3720. The van der Waals surface area contributed by atoms with Crippen molar-refractivity contribution in [3.8, 4) is 57.0 Å². The number of likely N-dealkylation sites (tertiary alicyclic amines) is 1. The van der Waals surface area contributed by atoms with E-state index in [0.29, 0.717) is 71.1 Å². The fourth-order valence-electron chi connectivity index (χ4n) is 9.76. The molecule has 6 aromatic carbocycles. The number of halogens is 1. The number of amides is 1. The van der Waals surface area contributed by atoms with Crippen LogP contribution in [0.3, 0.4) is 0 Å². The van der Waals surface area contributed by atoms with Crippen LogP contribution >= 0.6 is 11.6 Å². The zero-order valence-electron chi connectivity index (χ0n) is 44.9. The molecule has 412 valence electrons. The lowest BCUT2D eigenvalue weighted by Crippen LogP contribution is -2.39. The van der Waals surface area contributed by atoms with Gasteiger partial charge >= 0.3 is 0 Å². The molecule has 12 rings (SSSR count). The minimum atomic E-state index is -0.361. The van der Waals surface area contributed by atoms with Gasteiger partial charge in [-0.2, -0.15) is 10.2 Å². The molecular formula is C62H61ClN12O6. The van der Waals surface area contributed by atoms with Crippen LogP contribution in [0.15, 0.2) is 170 Å². The molecule has 2 aliphatic heterocycles. The number of benzene rings is 6. The summed E-state index contributed by atoms with van der Waals surface area (Å²) >= 11 is 4.64. The number of carbonyl (C=O) groups is 2. The molecule has 81 heavy (non-hydrogen) atoms. The van der Waals surface area contributed by atoms with Crippen LogP contribution in [-0.4, -0.2) is 81.7 Å². The van der Waals surface area contributed by atoms with Gasteiger partial charge in [0.15, 0.2) is 11.3 Å². The number of rotatable bonds is 14. The number of aromatic nitrogens is 8. The Morgan fingerprint density at radius 2 is 1.02 bits per heavy atom. The van der Waals surface area contributed by atoms with Crippen LogP contribution < -0.4 is 35.7 Å². The number of hydrogen-bond donors (Lipinski definition) is 3. The Labute approximate surface area is 473 Å². The molecule has 0 aliphatic carbocycles. The van der Waals surface area contributed by atoms with Crippen molar-refractivity contribution in [2.45, 2.75) is 64.8 Å². The van der Waals surface area contributed by atoms with Crippen LogP contribution in [0.5, 0.6) is 34.5 Å². The molecule has 2 aliphatic rings. The highest BCUT2D eigenvalue weighted by molar-refractivity contribution is 6.62. The van der Waals surface area contributed by atoms with Crippen LogP contribution in [0.1, 0.15) is 62.7 Å². The van der Waals surface area contributed by atoms with E-state index in [0.717, 1.165) is 95.8 Å². The topological polar surface area (TPSA) is 226 Å². The predicted octanol–water partition coefficient (Wildman–Crippen LogP) is 11.8. The number of nitrogens with one attached hydrogen (secondary N) is 1. The summed E-state index contributed by atoms with van der Waals surface area (Å²) < 4.78 is 28.0. The van der Waals surface area contributed by atoms with Crippen LogP contribution in [0, 0.1) is 0 Å². The Morgan fingerprint density at radius 3 is 1.48 bits per heavy atom. The molecule has 5 N–H and O–H groups in total. The third kappa shape index (κ3) is 13.9.